The first-order valence-electron chi connectivity index (χ1n) is 6.34. The average molecular weight is 288 g/mol. The topological polar surface area (TPSA) is 87.0 Å². The summed E-state index contributed by atoms with van der Waals surface area (Å²) in [4.78, 5) is 11.5. The third-order valence-electron chi connectivity index (χ3n) is 3.31. The van der Waals surface area contributed by atoms with Crippen molar-refractivity contribution in [1.29, 1.82) is 0 Å². The first-order chi connectivity index (χ1) is 9.97. The van der Waals surface area contributed by atoms with Crippen LogP contribution in [0.3, 0.4) is 0 Å². The standard InChI is InChI=1S/C16H16O5/c1-21-14-9-11(7-8-13(14)17)10-16(20,15(18)19)12-5-3-2-4-6-12/h2-9,17,20H,10H2,1H3,(H,18,19). The Morgan fingerprint density at radius 2 is 1.86 bits per heavy atom. The molecule has 5 heteroatoms. The minimum atomic E-state index is -2.04. The van der Waals surface area contributed by atoms with Crippen LogP contribution in [0.4, 0.5) is 0 Å². The lowest BCUT2D eigenvalue weighted by molar-refractivity contribution is -0.159. The monoisotopic (exact) mass is 288 g/mol. The molecule has 0 fully saturated rings. The summed E-state index contributed by atoms with van der Waals surface area (Å²) in [5.74, 6) is -1.14. The number of phenols is 1. The number of rotatable bonds is 5. The Morgan fingerprint density at radius 3 is 2.43 bits per heavy atom. The molecule has 2 aromatic carbocycles. The Hall–Kier alpha value is -2.53. The number of hydrogen-bond donors (Lipinski definition) is 3. The lowest BCUT2D eigenvalue weighted by Gasteiger charge is -2.24. The molecule has 0 aliphatic rings. The minimum absolute atomic E-state index is 0.0418. The van der Waals surface area contributed by atoms with Crippen LogP contribution in [-0.2, 0) is 16.8 Å². The van der Waals surface area contributed by atoms with Crippen molar-refractivity contribution in [3.05, 3.63) is 59.7 Å². The Bertz CT molecular complexity index is 638. The van der Waals surface area contributed by atoms with E-state index >= 15 is 0 Å². The molecular formula is C16H16O5. The van der Waals surface area contributed by atoms with Gasteiger partial charge in [-0.05, 0) is 23.3 Å². The molecule has 0 spiro atoms. The van der Waals surface area contributed by atoms with Gasteiger partial charge in [0.1, 0.15) is 0 Å². The van der Waals surface area contributed by atoms with Crippen LogP contribution in [0.25, 0.3) is 0 Å². The maximum Gasteiger partial charge on any atom is 0.340 e. The fourth-order valence-corrected chi connectivity index (χ4v) is 2.14. The van der Waals surface area contributed by atoms with E-state index in [0.717, 1.165) is 0 Å². The van der Waals surface area contributed by atoms with E-state index < -0.39 is 11.6 Å². The molecule has 0 heterocycles. The Kier molecular flexibility index (Phi) is 4.14. The molecule has 0 aliphatic heterocycles. The number of ether oxygens (including phenoxy) is 1. The zero-order chi connectivity index (χ0) is 15.5. The van der Waals surface area contributed by atoms with Gasteiger partial charge in [-0.2, -0.15) is 0 Å². The Morgan fingerprint density at radius 1 is 1.19 bits per heavy atom. The second kappa shape index (κ2) is 5.85. The number of aliphatic hydroxyl groups is 1. The summed E-state index contributed by atoms with van der Waals surface area (Å²) in [5.41, 5.74) is -1.20. The lowest BCUT2D eigenvalue weighted by Crippen LogP contribution is -2.37. The van der Waals surface area contributed by atoms with Crippen LogP contribution in [-0.4, -0.2) is 28.4 Å². The van der Waals surface area contributed by atoms with Gasteiger partial charge >= 0.3 is 5.97 Å². The third-order valence-corrected chi connectivity index (χ3v) is 3.31. The third kappa shape index (κ3) is 2.98. The highest BCUT2D eigenvalue weighted by atomic mass is 16.5. The highest BCUT2D eigenvalue weighted by molar-refractivity contribution is 5.79. The van der Waals surface area contributed by atoms with Crippen LogP contribution >= 0.6 is 0 Å². The molecule has 0 saturated carbocycles. The van der Waals surface area contributed by atoms with Crippen molar-refractivity contribution in [2.24, 2.45) is 0 Å². The van der Waals surface area contributed by atoms with Crippen LogP contribution in [0.1, 0.15) is 11.1 Å². The van der Waals surface area contributed by atoms with E-state index in [2.05, 4.69) is 0 Å². The van der Waals surface area contributed by atoms with Crippen LogP contribution in [0.5, 0.6) is 11.5 Å². The summed E-state index contributed by atoms with van der Waals surface area (Å²) in [6.45, 7) is 0. The van der Waals surface area contributed by atoms with Crippen LogP contribution in [0, 0.1) is 0 Å². The molecule has 1 atom stereocenters. The molecule has 21 heavy (non-hydrogen) atoms. The molecule has 0 aromatic heterocycles. The van der Waals surface area contributed by atoms with Crippen molar-refractivity contribution in [3.63, 3.8) is 0 Å². The quantitative estimate of drug-likeness (QED) is 0.782. The van der Waals surface area contributed by atoms with E-state index in [0.29, 0.717) is 11.1 Å². The van der Waals surface area contributed by atoms with Crippen LogP contribution < -0.4 is 4.74 Å². The van der Waals surface area contributed by atoms with Crippen LogP contribution in [0.2, 0.25) is 0 Å². The first kappa shape index (κ1) is 14.9. The van der Waals surface area contributed by atoms with Gasteiger partial charge in [-0.15, -0.1) is 0 Å². The molecule has 0 aliphatic carbocycles. The summed E-state index contributed by atoms with van der Waals surface area (Å²) in [6.07, 6.45) is -0.136. The maximum absolute atomic E-state index is 11.5. The molecule has 1 unspecified atom stereocenters. The second-order valence-electron chi connectivity index (χ2n) is 4.71. The molecule has 5 nitrogen and oxygen atoms in total. The van der Waals surface area contributed by atoms with E-state index in [-0.39, 0.29) is 17.9 Å². The van der Waals surface area contributed by atoms with E-state index in [9.17, 15) is 20.1 Å². The fourth-order valence-electron chi connectivity index (χ4n) is 2.14. The van der Waals surface area contributed by atoms with Gasteiger partial charge in [0.2, 0.25) is 0 Å². The van der Waals surface area contributed by atoms with Gasteiger partial charge in [0.15, 0.2) is 17.1 Å². The molecule has 2 aromatic rings. The van der Waals surface area contributed by atoms with Crippen molar-refractivity contribution in [2.45, 2.75) is 12.0 Å². The molecule has 3 N–H and O–H groups in total. The van der Waals surface area contributed by atoms with Gasteiger partial charge in [0, 0.05) is 6.42 Å². The largest absolute Gasteiger partial charge is 0.504 e. The van der Waals surface area contributed by atoms with Gasteiger partial charge in [-0.3, -0.25) is 0 Å². The summed E-state index contributed by atoms with van der Waals surface area (Å²) in [5, 5.41) is 29.5. The summed E-state index contributed by atoms with van der Waals surface area (Å²) >= 11 is 0. The second-order valence-corrected chi connectivity index (χ2v) is 4.71. The number of carboxylic acid groups (broad SMARTS) is 1. The number of carboxylic acids is 1. The molecule has 0 bridgehead atoms. The Balaban J connectivity index is 2.39. The van der Waals surface area contributed by atoms with Crippen molar-refractivity contribution >= 4 is 5.97 Å². The molecular weight excluding hydrogens is 272 g/mol. The zero-order valence-corrected chi connectivity index (χ0v) is 11.5. The fraction of sp³-hybridized carbons (Fsp3) is 0.188. The number of phenolic OH excluding ortho intramolecular Hbond substituents is 1. The highest BCUT2D eigenvalue weighted by Gasteiger charge is 2.38. The number of aromatic hydroxyl groups is 1. The number of methoxy groups -OCH3 is 1. The molecule has 0 radical (unpaired) electrons. The van der Waals surface area contributed by atoms with E-state index in [4.69, 9.17) is 4.74 Å². The number of carbonyl (C=O) groups is 1. The summed E-state index contributed by atoms with van der Waals surface area (Å²) < 4.78 is 4.99. The van der Waals surface area contributed by atoms with Crippen molar-refractivity contribution < 1.29 is 24.9 Å². The number of aliphatic carboxylic acids is 1. The lowest BCUT2D eigenvalue weighted by atomic mass is 9.87. The normalized spacial score (nSPS) is 13.4. The predicted octanol–water partition coefficient (Wildman–Crippen LogP) is 1.92. The van der Waals surface area contributed by atoms with Gasteiger partial charge in [0.05, 0.1) is 7.11 Å². The number of hydrogen-bond acceptors (Lipinski definition) is 4. The maximum atomic E-state index is 11.5. The molecule has 110 valence electrons. The Labute approximate surface area is 122 Å². The van der Waals surface area contributed by atoms with E-state index in [1.54, 1.807) is 36.4 Å². The van der Waals surface area contributed by atoms with Crippen molar-refractivity contribution in [3.8, 4) is 11.5 Å². The zero-order valence-electron chi connectivity index (χ0n) is 11.5. The highest BCUT2D eigenvalue weighted by Crippen LogP contribution is 2.31. The van der Waals surface area contributed by atoms with Crippen molar-refractivity contribution in [2.75, 3.05) is 7.11 Å². The van der Waals surface area contributed by atoms with Crippen LogP contribution in [0.15, 0.2) is 48.5 Å². The van der Waals surface area contributed by atoms with Crippen molar-refractivity contribution in [1.82, 2.24) is 0 Å². The van der Waals surface area contributed by atoms with Gasteiger partial charge < -0.3 is 20.1 Å². The summed E-state index contributed by atoms with van der Waals surface area (Å²) in [7, 11) is 1.40. The minimum Gasteiger partial charge on any atom is -0.504 e. The van der Waals surface area contributed by atoms with Gasteiger partial charge in [-0.25, -0.2) is 4.79 Å². The smallest absolute Gasteiger partial charge is 0.340 e. The molecule has 0 saturated heterocycles. The average Bonchev–Trinajstić information content (AvgIpc) is 2.49. The molecule has 2 rings (SSSR count). The first-order valence-corrected chi connectivity index (χ1v) is 6.34. The predicted molar refractivity (Wildman–Crippen MR) is 76.3 cm³/mol. The van der Waals surface area contributed by atoms with Gasteiger partial charge in [-0.1, -0.05) is 36.4 Å². The van der Waals surface area contributed by atoms with E-state index in [1.807, 2.05) is 0 Å². The van der Waals surface area contributed by atoms with E-state index in [1.165, 1.54) is 19.2 Å². The molecule has 0 amide bonds. The summed E-state index contributed by atoms with van der Waals surface area (Å²) in [6, 6.07) is 12.7. The SMILES string of the molecule is COc1cc(CC(O)(C(=O)O)c2ccccc2)ccc1O. The van der Waals surface area contributed by atoms with Gasteiger partial charge in [0.25, 0.3) is 0 Å². The number of benzene rings is 2.